The van der Waals surface area contributed by atoms with Gasteiger partial charge in [-0.05, 0) is 49.6 Å². The summed E-state index contributed by atoms with van der Waals surface area (Å²) >= 11 is 0. The Balaban J connectivity index is 2.11. The van der Waals surface area contributed by atoms with E-state index in [9.17, 15) is 0 Å². The van der Waals surface area contributed by atoms with Gasteiger partial charge in [-0.3, -0.25) is 0 Å². The SMILES string of the molecule is Cc1cc(CC(C)N)ccc1N(C)Cc1ccco1. The second-order valence-corrected chi connectivity index (χ2v) is 5.24. The van der Waals surface area contributed by atoms with E-state index < -0.39 is 0 Å². The summed E-state index contributed by atoms with van der Waals surface area (Å²) in [6, 6.07) is 10.7. The molecule has 3 nitrogen and oxygen atoms in total. The van der Waals surface area contributed by atoms with E-state index in [4.69, 9.17) is 10.2 Å². The molecule has 0 aliphatic rings. The molecule has 19 heavy (non-hydrogen) atoms. The molecule has 2 rings (SSSR count). The lowest BCUT2D eigenvalue weighted by Crippen LogP contribution is -2.19. The van der Waals surface area contributed by atoms with Crippen molar-refractivity contribution in [2.24, 2.45) is 5.73 Å². The average molecular weight is 258 g/mol. The van der Waals surface area contributed by atoms with Crippen LogP contribution in [0.5, 0.6) is 0 Å². The molecular formula is C16H22N2O. The fraction of sp³-hybridized carbons (Fsp3) is 0.375. The van der Waals surface area contributed by atoms with Crippen LogP contribution in [0.1, 0.15) is 23.8 Å². The van der Waals surface area contributed by atoms with Gasteiger partial charge >= 0.3 is 0 Å². The molecule has 0 amide bonds. The number of rotatable bonds is 5. The van der Waals surface area contributed by atoms with Crippen LogP contribution in [-0.2, 0) is 13.0 Å². The van der Waals surface area contributed by atoms with E-state index in [0.29, 0.717) is 0 Å². The number of hydrogen-bond donors (Lipinski definition) is 1. The minimum Gasteiger partial charge on any atom is -0.467 e. The van der Waals surface area contributed by atoms with Gasteiger partial charge in [-0.2, -0.15) is 0 Å². The summed E-state index contributed by atoms with van der Waals surface area (Å²) in [6.07, 6.45) is 2.63. The molecule has 0 aliphatic carbocycles. The zero-order valence-electron chi connectivity index (χ0n) is 11.9. The molecule has 0 bridgehead atoms. The van der Waals surface area contributed by atoms with E-state index in [0.717, 1.165) is 18.7 Å². The molecule has 0 fully saturated rings. The summed E-state index contributed by atoms with van der Waals surface area (Å²) in [4.78, 5) is 2.20. The Morgan fingerprint density at radius 3 is 2.68 bits per heavy atom. The van der Waals surface area contributed by atoms with E-state index in [1.165, 1.54) is 16.8 Å². The highest BCUT2D eigenvalue weighted by Crippen LogP contribution is 2.22. The van der Waals surface area contributed by atoms with Crippen LogP contribution in [0, 0.1) is 6.92 Å². The zero-order chi connectivity index (χ0) is 13.8. The van der Waals surface area contributed by atoms with Crippen molar-refractivity contribution in [2.75, 3.05) is 11.9 Å². The van der Waals surface area contributed by atoms with Crippen LogP contribution in [0.4, 0.5) is 5.69 Å². The maximum atomic E-state index is 5.84. The number of furan rings is 1. The largest absolute Gasteiger partial charge is 0.467 e. The second-order valence-electron chi connectivity index (χ2n) is 5.24. The Morgan fingerprint density at radius 1 is 1.32 bits per heavy atom. The van der Waals surface area contributed by atoms with Crippen molar-refractivity contribution >= 4 is 5.69 Å². The number of hydrogen-bond acceptors (Lipinski definition) is 3. The standard InChI is InChI=1S/C16H22N2O/c1-12-9-14(10-13(2)17)6-7-16(12)18(3)11-15-5-4-8-19-15/h4-9,13H,10-11,17H2,1-3H3. The van der Waals surface area contributed by atoms with Crippen LogP contribution >= 0.6 is 0 Å². The highest BCUT2D eigenvalue weighted by Gasteiger charge is 2.08. The second kappa shape index (κ2) is 5.93. The predicted octanol–water partition coefficient (Wildman–Crippen LogP) is 3.11. The fourth-order valence-electron chi connectivity index (χ4n) is 2.37. The third-order valence-corrected chi connectivity index (χ3v) is 3.20. The van der Waals surface area contributed by atoms with E-state index in [-0.39, 0.29) is 6.04 Å². The Bertz CT molecular complexity index is 518. The van der Waals surface area contributed by atoms with Crippen molar-refractivity contribution in [1.82, 2.24) is 0 Å². The summed E-state index contributed by atoms with van der Waals surface area (Å²) in [7, 11) is 2.08. The molecule has 0 radical (unpaired) electrons. The molecule has 0 aliphatic heterocycles. The Labute approximate surface area is 115 Å². The van der Waals surface area contributed by atoms with Crippen LogP contribution in [-0.4, -0.2) is 13.1 Å². The molecule has 3 heteroatoms. The van der Waals surface area contributed by atoms with Crippen LogP contribution in [0.2, 0.25) is 0 Å². The molecule has 0 saturated carbocycles. The van der Waals surface area contributed by atoms with Gasteiger partial charge in [0.15, 0.2) is 0 Å². The molecule has 0 spiro atoms. The van der Waals surface area contributed by atoms with E-state index in [1.807, 2.05) is 19.1 Å². The topological polar surface area (TPSA) is 42.4 Å². The normalized spacial score (nSPS) is 12.4. The van der Waals surface area contributed by atoms with Crippen molar-refractivity contribution < 1.29 is 4.42 Å². The van der Waals surface area contributed by atoms with E-state index >= 15 is 0 Å². The minimum atomic E-state index is 0.200. The van der Waals surface area contributed by atoms with Crippen molar-refractivity contribution in [2.45, 2.75) is 32.9 Å². The maximum Gasteiger partial charge on any atom is 0.123 e. The number of nitrogens with zero attached hydrogens (tertiary/aromatic N) is 1. The van der Waals surface area contributed by atoms with Crippen LogP contribution in [0.15, 0.2) is 41.0 Å². The van der Waals surface area contributed by atoms with Gasteiger partial charge in [-0.25, -0.2) is 0 Å². The number of anilines is 1. The Hall–Kier alpha value is -1.74. The first-order valence-corrected chi connectivity index (χ1v) is 6.65. The highest BCUT2D eigenvalue weighted by atomic mass is 16.3. The monoisotopic (exact) mass is 258 g/mol. The highest BCUT2D eigenvalue weighted by molar-refractivity contribution is 5.54. The third-order valence-electron chi connectivity index (χ3n) is 3.20. The average Bonchev–Trinajstić information content (AvgIpc) is 2.80. The first kappa shape index (κ1) is 13.7. The van der Waals surface area contributed by atoms with Crippen molar-refractivity contribution in [1.29, 1.82) is 0 Å². The van der Waals surface area contributed by atoms with Crippen LogP contribution < -0.4 is 10.6 Å². The van der Waals surface area contributed by atoms with Gasteiger partial charge in [-0.15, -0.1) is 0 Å². The maximum absolute atomic E-state index is 5.84. The summed E-state index contributed by atoms with van der Waals surface area (Å²) in [5, 5.41) is 0. The van der Waals surface area contributed by atoms with Crippen molar-refractivity contribution in [3.63, 3.8) is 0 Å². The minimum absolute atomic E-state index is 0.200. The van der Waals surface area contributed by atoms with E-state index in [1.54, 1.807) is 6.26 Å². The van der Waals surface area contributed by atoms with Gasteiger partial charge < -0.3 is 15.1 Å². The fourth-order valence-corrected chi connectivity index (χ4v) is 2.37. The lowest BCUT2D eigenvalue weighted by Gasteiger charge is -2.21. The molecule has 0 saturated heterocycles. The Kier molecular flexibility index (Phi) is 4.27. The van der Waals surface area contributed by atoms with Crippen molar-refractivity contribution in [3.05, 3.63) is 53.5 Å². The lowest BCUT2D eigenvalue weighted by atomic mass is 10.0. The molecule has 1 aromatic heterocycles. The summed E-state index contributed by atoms with van der Waals surface area (Å²) in [5.74, 6) is 0.974. The summed E-state index contributed by atoms with van der Waals surface area (Å²) < 4.78 is 5.38. The molecule has 102 valence electrons. The van der Waals surface area contributed by atoms with Gasteiger partial charge in [0.2, 0.25) is 0 Å². The number of nitrogens with two attached hydrogens (primary N) is 1. The molecule has 2 aromatic rings. The molecule has 1 atom stereocenters. The van der Waals surface area contributed by atoms with Gasteiger partial charge in [-0.1, -0.05) is 12.1 Å². The molecule has 1 heterocycles. The predicted molar refractivity (Wildman–Crippen MR) is 79.3 cm³/mol. The quantitative estimate of drug-likeness (QED) is 0.896. The third kappa shape index (κ3) is 3.61. The first-order valence-electron chi connectivity index (χ1n) is 6.65. The van der Waals surface area contributed by atoms with Crippen LogP contribution in [0.3, 0.4) is 0 Å². The van der Waals surface area contributed by atoms with Gasteiger partial charge in [0.1, 0.15) is 5.76 Å². The van der Waals surface area contributed by atoms with Gasteiger partial charge in [0.05, 0.1) is 12.8 Å². The summed E-state index contributed by atoms with van der Waals surface area (Å²) in [5.41, 5.74) is 9.63. The number of aryl methyl sites for hydroxylation is 1. The summed E-state index contributed by atoms with van der Waals surface area (Å²) in [6.45, 7) is 4.95. The lowest BCUT2D eigenvalue weighted by molar-refractivity contribution is 0.507. The Morgan fingerprint density at radius 2 is 2.11 bits per heavy atom. The zero-order valence-corrected chi connectivity index (χ0v) is 11.9. The molecule has 1 unspecified atom stereocenters. The van der Waals surface area contributed by atoms with Gasteiger partial charge in [0, 0.05) is 18.8 Å². The smallest absolute Gasteiger partial charge is 0.123 e. The number of benzene rings is 1. The van der Waals surface area contributed by atoms with E-state index in [2.05, 4.69) is 37.1 Å². The van der Waals surface area contributed by atoms with Crippen molar-refractivity contribution in [3.8, 4) is 0 Å². The molecule has 2 N–H and O–H groups in total. The molecule has 1 aromatic carbocycles. The molecular weight excluding hydrogens is 236 g/mol. The van der Waals surface area contributed by atoms with Gasteiger partial charge in [0.25, 0.3) is 0 Å². The van der Waals surface area contributed by atoms with Crippen LogP contribution in [0.25, 0.3) is 0 Å². The first-order chi connectivity index (χ1) is 9.06.